The van der Waals surface area contributed by atoms with E-state index in [4.69, 9.17) is 16.8 Å². The van der Waals surface area contributed by atoms with Crippen molar-refractivity contribution in [3.05, 3.63) is 34.9 Å². The first-order valence-electron chi connectivity index (χ1n) is 4.10. The maximum absolute atomic E-state index is 10.6. The Hall–Kier alpha value is -1.10. The number of carbonyl (C=O) groups is 1. The molecule has 76 valence electrons. The summed E-state index contributed by atoms with van der Waals surface area (Å²) in [6.07, 6.45) is 0. The molecule has 0 atom stereocenters. The summed E-state index contributed by atoms with van der Waals surface area (Å²) < 4.78 is 0. The Balaban J connectivity index is 2.31. The highest BCUT2D eigenvalue weighted by atomic mass is 35.5. The molecular weight excluding hydrogens is 204 g/mol. The van der Waals surface area contributed by atoms with Crippen LogP contribution in [0.3, 0.4) is 0 Å². The highest BCUT2D eigenvalue weighted by Gasteiger charge is 1.97. The number of benzene rings is 1. The predicted octanol–water partition coefficient (Wildman–Crippen LogP) is 0.935. The summed E-state index contributed by atoms with van der Waals surface area (Å²) in [7, 11) is 0. The van der Waals surface area contributed by atoms with E-state index in [0.29, 0.717) is 11.6 Å². The van der Waals surface area contributed by atoms with Gasteiger partial charge in [0.25, 0.3) is 5.91 Å². The molecule has 14 heavy (non-hydrogen) atoms. The fourth-order valence-corrected chi connectivity index (χ4v) is 1.09. The smallest absolute Gasteiger partial charge is 0.257 e. The number of halogens is 1. The fourth-order valence-electron chi connectivity index (χ4n) is 0.962. The number of nitrogens with one attached hydrogen (secondary N) is 2. The third kappa shape index (κ3) is 3.74. The summed E-state index contributed by atoms with van der Waals surface area (Å²) in [4.78, 5) is 10.6. The van der Waals surface area contributed by atoms with Gasteiger partial charge < -0.3 is 5.32 Å². The molecule has 5 heteroatoms. The van der Waals surface area contributed by atoms with Crippen LogP contribution in [0.5, 0.6) is 0 Å². The minimum Gasteiger partial charge on any atom is -0.304 e. The van der Waals surface area contributed by atoms with Crippen molar-refractivity contribution in [2.24, 2.45) is 0 Å². The van der Waals surface area contributed by atoms with Crippen LogP contribution in [0, 0.1) is 0 Å². The highest BCUT2D eigenvalue weighted by molar-refractivity contribution is 6.30. The molecular formula is C9H11ClN2O2. The van der Waals surface area contributed by atoms with Gasteiger partial charge in [0.1, 0.15) is 0 Å². The second-order valence-electron chi connectivity index (χ2n) is 2.76. The van der Waals surface area contributed by atoms with Gasteiger partial charge in [-0.05, 0) is 17.7 Å². The molecule has 0 heterocycles. The summed E-state index contributed by atoms with van der Waals surface area (Å²) >= 11 is 5.70. The monoisotopic (exact) mass is 214 g/mol. The quantitative estimate of drug-likeness (QED) is 0.516. The number of carbonyl (C=O) groups excluding carboxylic acids is 1. The zero-order valence-electron chi connectivity index (χ0n) is 7.46. The van der Waals surface area contributed by atoms with Crippen LogP contribution in [0.4, 0.5) is 0 Å². The lowest BCUT2D eigenvalue weighted by Gasteiger charge is -2.03. The largest absolute Gasteiger partial charge is 0.304 e. The highest BCUT2D eigenvalue weighted by Crippen LogP contribution is 2.08. The van der Waals surface area contributed by atoms with Gasteiger partial charge in [0.15, 0.2) is 0 Å². The van der Waals surface area contributed by atoms with Gasteiger partial charge >= 0.3 is 0 Å². The van der Waals surface area contributed by atoms with Crippen molar-refractivity contribution in [2.75, 3.05) is 6.54 Å². The number of hydroxylamine groups is 1. The Bertz CT molecular complexity index is 300. The summed E-state index contributed by atoms with van der Waals surface area (Å²) in [6, 6.07) is 7.30. The van der Waals surface area contributed by atoms with Crippen LogP contribution in [0.15, 0.2) is 24.3 Å². The van der Waals surface area contributed by atoms with Crippen LogP contribution >= 0.6 is 11.6 Å². The van der Waals surface area contributed by atoms with E-state index in [-0.39, 0.29) is 6.54 Å². The van der Waals surface area contributed by atoms with Crippen molar-refractivity contribution < 1.29 is 10.0 Å². The van der Waals surface area contributed by atoms with Crippen LogP contribution in [0.2, 0.25) is 5.02 Å². The topological polar surface area (TPSA) is 61.4 Å². The summed E-state index contributed by atoms with van der Waals surface area (Å²) in [5.74, 6) is -0.459. The predicted molar refractivity (Wildman–Crippen MR) is 53.1 cm³/mol. The molecule has 0 saturated carbocycles. The van der Waals surface area contributed by atoms with Crippen LogP contribution in [0.25, 0.3) is 0 Å². The Morgan fingerprint density at radius 1 is 1.36 bits per heavy atom. The molecule has 0 aromatic heterocycles. The Kier molecular flexibility index (Phi) is 4.39. The van der Waals surface area contributed by atoms with Crippen molar-refractivity contribution in [2.45, 2.75) is 6.54 Å². The van der Waals surface area contributed by atoms with Crippen molar-refractivity contribution in [1.82, 2.24) is 10.8 Å². The van der Waals surface area contributed by atoms with Crippen molar-refractivity contribution in [3.8, 4) is 0 Å². The Labute approximate surface area is 86.8 Å². The molecule has 0 aliphatic carbocycles. The minimum absolute atomic E-state index is 0.0825. The summed E-state index contributed by atoms with van der Waals surface area (Å²) in [5.41, 5.74) is 2.57. The molecule has 0 spiro atoms. The van der Waals surface area contributed by atoms with Crippen LogP contribution in [-0.2, 0) is 11.3 Å². The van der Waals surface area contributed by atoms with Crippen LogP contribution in [-0.4, -0.2) is 17.7 Å². The second kappa shape index (κ2) is 5.59. The molecule has 1 aromatic rings. The van der Waals surface area contributed by atoms with Gasteiger partial charge in [0.2, 0.25) is 0 Å². The van der Waals surface area contributed by atoms with Crippen molar-refractivity contribution in [3.63, 3.8) is 0 Å². The molecule has 0 bridgehead atoms. The summed E-state index contributed by atoms with van der Waals surface area (Å²) in [5, 5.41) is 11.8. The fraction of sp³-hybridized carbons (Fsp3) is 0.222. The number of hydrogen-bond acceptors (Lipinski definition) is 3. The average molecular weight is 215 g/mol. The van der Waals surface area contributed by atoms with E-state index < -0.39 is 5.91 Å². The minimum atomic E-state index is -0.459. The van der Waals surface area contributed by atoms with Crippen LogP contribution in [0.1, 0.15) is 5.56 Å². The third-order valence-electron chi connectivity index (χ3n) is 1.65. The second-order valence-corrected chi connectivity index (χ2v) is 3.20. The maximum atomic E-state index is 10.6. The molecule has 0 fully saturated rings. The van der Waals surface area contributed by atoms with Gasteiger partial charge in [-0.25, -0.2) is 5.48 Å². The Morgan fingerprint density at radius 3 is 2.57 bits per heavy atom. The Morgan fingerprint density at radius 2 is 2.00 bits per heavy atom. The van der Waals surface area contributed by atoms with Crippen molar-refractivity contribution >= 4 is 17.5 Å². The third-order valence-corrected chi connectivity index (χ3v) is 1.90. The van der Waals surface area contributed by atoms with E-state index in [0.717, 1.165) is 5.56 Å². The zero-order valence-corrected chi connectivity index (χ0v) is 8.21. The first kappa shape index (κ1) is 11.0. The standard InChI is InChI=1S/C9H11ClN2O2/c10-8-3-1-7(2-4-8)5-11-6-9(13)12-14/h1-4,11,14H,5-6H2,(H,12,13). The maximum Gasteiger partial charge on any atom is 0.257 e. The molecule has 1 amide bonds. The van der Waals surface area contributed by atoms with E-state index in [9.17, 15) is 4.79 Å². The molecule has 0 aliphatic rings. The lowest BCUT2D eigenvalue weighted by molar-refractivity contribution is -0.128. The van der Waals surface area contributed by atoms with Gasteiger partial charge in [-0.2, -0.15) is 0 Å². The number of hydrogen-bond donors (Lipinski definition) is 3. The van der Waals surface area contributed by atoms with Crippen LogP contribution < -0.4 is 10.8 Å². The normalized spacial score (nSPS) is 9.86. The van der Waals surface area contributed by atoms with Gasteiger partial charge in [0, 0.05) is 11.6 Å². The molecule has 0 aliphatic heterocycles. The van der Waals surface area contributed by atoms with E-state index in [2.05, 4.69) is 5.32 Å². The van der Waals surface area contributed by atoms with Gasteiger partial charge in [-0.3, -0.25) is 10.0 Å². The van der Waals surface area contributed by atoms with Gasteiger partial charge in [-0.15, -0.1) is 0 Å². The first-order chi connectivity index (χ1) is 6.72. The van der Waals surface area contributed by atoms with Crippen molar-refractivity contribution in [1.29, 1.82) is 0 Å². The molecule has 0 saturated heterocycles. The lowest BCUT2D eigenvalue weighted by atomic mass is 10.2. The number of amides is 1. The molecule has 1 rings (SSSR count). The van der Waals surface area contributed by atoms with E-state index in [1.165, 1.54) is 5.48 Å². The van der Waals surface area contributed by atoms with E-state index in [1.807, 2.05) is 12.1 Å². The molecule has 0 unspecified atom stereocenters. The average Bonchev–Trinajstić information content (AvgIpc) is 2.21. The molecule has 1 aromatic carbocycles. The van der Waals surface area contributed by atoms with Gasteiger partial charge in [0.05, 0.1) is 6.54 Å². The van der Waals surface area contributed by atoms with E-state index >= 15 is 0 Å². The molecule has 0 radical (unpaired) electrons. The lowest BCUT2D eigenvalue weighted by Crippen LogP contribution is -2.31. The first-order valence-corrected chi connectivity index (χ1v) is 4.48. The molecule has 4 nitrogen and oxygen atoms in total. The SMILES string of the molecule is O=C(CNCc1ccc(Cl)cc1)NO. The number of rotatable bonds is 4. The zero-order chi connectivity index (χ0) is 10.4. The summed E-state index contributed by atoms with van der Waals surface area (Å²) in [6.45, 7) is 0.643. The van der Waals surface area contributed by atoms with Gasteiger partial charge in [-0.1, -0.05) is 23.7 Å². The van der Waals surface area contributed by atoms with E-state index in [1.54, 1.807) is 12.1 Å². The molecule has 3 N–H and O–H groups in total.